The zero-order valence-electron chi connectivity index (χ0n) is 6.08. The van der Waals surface area contributed by atoms with Crippen molar-refractivity contribution in [1.29, 1.82) is 0 Å². The van der Waals surface area contributed by atoms with Crippen LogP contribution in [0.1, 0.15) is 19.8 Å². The van der Waals surface area contributed by atoms with E-state index in [1.807, 2.05) is 19.1 Å². The number of ether oxygens (including phenoxy) is 1. The van der Waals surface area contributed by atoms with E-state index in [0.717, 1.165) is 12.8 Å². The van der Waals surface area contributed by atoms with E-state index in [9.17, 15) is 5.11 Å². The average Bonchev–Trinajstić information content (AvgIpc) is 2.46. The molecule has 2 aliphatic heterocycles. The molecule has 2 nitrogen and oxygen atoms in total. The Balaban J connectivity index is 2.22. The van der Waals surface area contributed by atoms with Crippen LogP contribution in [0.25, 0.3) is 0 Å². The normalized spacial score (nSPS) is 50.6. The van der Waals surface area contributed by atoms with Crippen LogP contribution in [0.4, 0.5) is 0 Å². The Labute approximate surface area is 60.5 Å². The standard InChI is InChI=1S/C8H12O2/c1-2-8(9)5-6-3-4-7(8)10-6/h3-4,6-7,9H,2,5H2,1H3/t6-,7+,8+/m1/s1. The molecule has 56 valence electrons. The molecule has 2 heteroatoms. The summed E-state index contributed by atoms with van der Waals surface area (Å²) in [4.78, 5) is 0. The lowest BCUT2D eigenvalue weighted by atomic mass is 9.87. The van der Waals surface area contributed by atoms with Crippen molar-refractivity contribution >= 4 is 0 Å². The Morgan fingerprint density at radius 1 is 1.70 bits per heavy atom. The van der Waals surface area contributed by atoms with Gasteiger partial charge in [-0.1, -0.05) is 19.1 Å². The molecule has 2 aliphatic rings. The topological polar surface area (TPSA) is 29.5 Å². The van der Waals surface area contributed by atoms with Gasteiger partial charge in [0.2, 0.25) is 0 Å². The molecule has 0 radical (unpaired) electrons. The van der Waals surface area contributed by atoms with Gasteiger partial charge in [-0.15, -0.1) is 0 Å². The van der Waals surface area contributed by atoms with E-state index in [1.54, 1.807) is 0 Å². The highest BCUT2D eigenvalue weighted by Crippen LogP contribution is 2.38. The number of rotatable bonds is 1. The van der Waals surface area contributed by atoms with Crippen molar-refractivity contribution in [1.82, 2.24) is 0 Å². The number of hydrogen-bond acceptors (Lipinski definition) is 2. The molecule has 0 spiro atoms. The average molecular weight is 140 g/mol. The largest absolute Gasteiger partial charge is 0.387 e. The fourth-order valence-corrected chi connectivity index (χ4v) is 1.74. The van der Waals surface area contributed by atoms with Crippen LogP contribution in [0, 0.1) is 0 Å². The lowest BCUT2D eigenvalue weighted by molar-refractivity contribution is -0.0138. The van der Waals surface area contributed by atoms with E-state index in [-0.39, 0.29) is 12.2 Å². The highest BCUT2D eigenvalue weighted by atomic mass is 16.5. The summed E-state index contributed by atoms with van der Waals surface area (Å²) in [5.74, 6) is 0. The van der Waals surface area contributed by atoms with Crippen molar-refractivity contribution in [3.8, 4) is 0 Å². The number of aliphatic hydroxyl groups is 1. The third-order valence-corrected chi connectivity index (χ3v) is 2.52. The smallest absolute Gasteiger partial charge is 0.105 e. The van der Waals surface area contributed by atoms with Crippen LogP contribution < -0.4 is 0 Å². The summed E-state index contributed by atoms with van der Waals surface area (Å²) in [5.41, 5.74) is -0.556. The summed E-state index contributed by atoms with van der Waals surface area (Å²) in [5, 5.41) is 9.81. The molecule has 2 bridgehead atoms. The molecule has 0 aromatic heterocycles. The summed E-state index contributed by atoms with van der Waals surface area (Å²) < 4.78 is 5.42. The van der Waals surface area contributed by atoms with Crippen molar-refractivity contribution < 1.29 is 9.84 Å². The highest BCUT2D eigenvalue weighted by molar-refractivity contribution is 5.17. The second-order valence-corrected chi connectivity index (χ2v) is 3.14. The van der Waals surface area contributed by atoms with Gasteiger partial charge < -0.3 is 9.84 Å². The first-order valence-electron chi connectivity index (χ1n) is 3.81. The van der Waals surface area contributed by atoms with E-state index < -0.39 is 5.60 Å². The van der Waals surface area contributed by atoms with Crippen molar-refractivity contribution in [3.05, 3.63) is 12.2 Å². The summed E-state index contributed by atoms with van der Waals surface area (Å²) in [6.45, 7) is 2.00. The summed E-state index contributed by atoms with van der Waals surface area (Å²) >= 11 is 0. The first-order chi connectivity index (χ1) is 4.74. The lowest BCUT2D eigenvalue weighted by Crippen LogP contribution is -2.36. The van der Waals surface area contributed by atoms with Crippen LogP contribution in [0.15, 0.2) is 12.2 Å². The molecule has 0 aliphatic carbocycles. The van der Waals surface area contributed by atoms with Crippen molar-refractivity contribution in [2.75, 3.05) is 0 Å². The third kappa shape index (κ3) is 0.662. The second-order valence-electron chi connectivity index (χ2n) is 3.14. The van der Waals surface area contributed by atoms with E-state index in [4.69, 9.17) is 4.74 Å². The van der Waals surface area contributed by atoms with Gasteiger partial charge in [0, 0.05) is 6.42 Å². The van der Waals surface area contributed by atoms with E-state index >= 15 is 0 Å². The van der Waals surface area contributed by atoms with Gasteiger partial charge in [0.25, 0.3) is 0 Å². The van der Waals surface area contributed by atoms with Crippen LogP contribution in [0.5, 0.6) is 0 Å². The quantitative estimate of drug-likeness (QED) is 0.547. The Hall–Kier alpha value is -0.340. The molecule has 0 unspecified atom stereocenters. The molecule has 1 fully saturated rings. The summed E-state index contributed by atoms with van der Waals surface area (Å²) in [7, 11) is 0. The van der Waals surface area contributed by atoms with Crippen LogP contribution in [0.2, 0.25) is 0 Å². The van der Waals surface area contributed by atoms with E-state index in [1.165, 1.54) is 0 Å². The second kappa shape index (κ2) is 1.83. The maximum absolute atomic E-state index is 9.81. The summed E-state index contributed by atoms with van der Waals surface area (Å²) in [6.07, 6.45) is 5.74. The molecule has 0 saturated carbocycles. The molecule has 2 rings (SSSR count). The van der Waals surface area contributed by atoms with Gasteiger partial charge in [-0.3, -0.25) is 0 Å². The van der Waals surface area contributed by atoms with Gasteiger partial charge in [-0.25, -0.2) is 0 Å². The Kier molecular flexibility index (Phi) is 1.17. The van der Waals surface area contributed by atoms with Crippen molar-refractivity contribution in [3.63, 3.8) is 0 Å². The zero-order valence-corrected chi connectivity index (χ0v) is 6.08. The number of hydrogen-bond donors (Lipinski definition) is 1. The fourth-order valence-electron chi connectivity index (χ4n) is 1.74. The van der Waals surface area contributed by atoms with Gasteiger partial charge in [-0.2, -0.15) is 0 Å². The molecular weight excluding hydrogens is 128 g/mol. The first kappa shape index (κ1) is 6.38. The molecule has 3 atom stereocenters. The van der Waals surface area contributed by atoms with Gasteiger partial charge >= 0.3 is 0 Å². The maximum atomic E-state index is 9.81. The fraction of sp³-hybridized carbons (Fsp3) is 0.750. The predicted octanol–water partition coefficient (Wildman–Crippen LogP) is 0.855. The monoisotopic (exact) mass is 140 g/mol. The zero-order chi connectivity index (χ0) is 7.19. The minimum atomic E-state index is -0.556. The highest BCUT2D eigenvalue weighted by Gasteiger charge is 2.46. The van der Waals surface area contributed by atoms with Crippen molar-refractivity contribution in [2.45, 2.75) is 37.6 Å². The SMILES string of the molecule is CC[C@]1(O)C[C@H]2C=C[C@@H]1O2. The predicted molar refractivity (Wildman–Crippen MR) is 37.7 cm³/mol. The molecule has 0 aromatic rings. The Morgan fingerprint density at radius 3 is 2.80 bits per heavy atom. The van der Waals surface area contributed by atoms with Crippen molar-refractivity contribution in [2.24, 2.45) is 0 Å². The van der Waals surface area contributed by atoms with Gasteiger partial charge in [0.1, 0.15) is 6.10 Å². The van der Waals surface area contributed by atoms with E-state index in [0.29, 0.717) is 0 Å². The molecule has 1 saturated heterocycles. The third-order valence-electron chi connectivity index (χ3n) is 2.52. The number of fused-ring (bicyclic) bond motifs is 2. The lowest BCUT2D eigenvalue weighted by Gasteiger charge is -2.25. The van der Waals surface area contributed by atoms with Crippen LogP contribution >= 0.6 is 0 Å². The molecular formula is C8H12O2. The minimum Gasteiger partial charge on any atom is -0.387 e. The van der Waals surface area contributed by atoms with E-state index in [2.05, 4.69) is 0 Å². The Bertz CT molecular complexity index is 176. The van der Waals surface area contributed by atoms with Crippen LogP contribution in [-0.2, 0) is 4.74 Å². The Morgan fingerprint density at radius 2 is 2.50 bits per heavy atom. The maximum Gasteiger partial charge on any atom is 0.105 e. The van der Waals surface area contributed by atoms with Crippen LogP contribution in [-0.4, -0.2) is 22.9 Å². The van der Waals surface area contributed by atoms with Gasteiger partial charge in [0.05, 0.1) is 11.7 Å². The van der Waals surface area contributed by atoms with Gasteiger partial charge in [0.15, 0.2) is 0 Å². The molecule has 1 N–H and O–H groups in total. The molecule has 2 heterocycles. The van der Waals surface area contributed by atoms with Gasteiger partial charge in [-0.05, 0) is 6.42 Å². The molecule has 0 aromatic carbocycles. The molecule has 0 amide bonds. The first-order valence-corrected chi connectivity index (χ1v) is 3.81. The minimum absolute atomic E-state index is 0.0255. The molecule has 10 heavy (non-hydrogen) atoms. The summed E-state index contributed by atoms with van der Waals surface area (Å²) in [6, 6.07) is 0. The van der Waals surface area contributed by atoms with Crippen LogP contribution in [0.3, 0.4) is 0 Å².